The number of hydrogen-bond acceptors (Lipinski definition) is 3. The number of nitrogens with zero attached hydrogens (tertiary/aromatic N) is 1. The van der Waals surface area contributed by atoms with Gasteiger partial charge in [0.15, 0.2) is 0 Å². The van der Waals surface area contributed by atoms with Crippen LogP contribution in [-0.2, 0) is 9.53 Å². The van der Waals surface area contributed by atoms with E-state index in [0.717, 1.165) is 25.9 Å². The first-order chi connectivity index (χ1) is 13.4. The van der Waals surface area contributed by atoms with E-state index in [1.807, 2.05) is 0 Å². The SMILES string of the molecule is CC(C)c1ccc([C@@H]2CCC3(C2)CN(C(=O)C2CC4(COC(=O)N4)C2)C3)cc1. The molecule has 5 heteroatoms. The number of amides is 2. The summed E-state index contributed by atoms with van der Waals surface area (Å²) in [5.41, 5.74) is 2.94. The van der Waals surface area contributed by atoms with E-state index in [4.69, 9.17) is 4.74 Å². The molecule has 2 spiro atoms. The standard InChI is InChI=1S/C23H30N2O3/c1-15(2)16-3-5-17(6-4-16)18-7-8-22(9-18)12-25(13-22)20(26)19-10-23(11-19)14-28-21(27)24-23/h3-6,15,18-19H,7-14H2,1-2H3,(H,24,27)/t18-,19?,23?/m1/s1. The summed E-state index contributed by atoms with van der Waals surface area (Å²) in [6, 6.07) is 9.18. The van der Waals surface area contributed by atoms with Gasteiger partial charge in [-0.2, -0.15) is 0 Å². The summed E-state index contributed by atoms with van der Waals surface area (Å²) in [7, 11) is 0. The molecule has 4 fully saturated rings. The van der Waals surface area contributed by atoms with Crippen molar-refractivity contribution in [1.82, 2.24) is 10.2 Å². The highest BCUT2D eigenvalue weighted by molar-refractivity contribution is 5.82. The van der Waals surface area contributed by atoms with E-state index in [1.165, 1.54) is 30.4 Å². The minimum Gasteiger partial charge on any atom is -0.447 e. The molecule has 1 N–H and O–H groups in total. The van der Waals surface area contributed by atoms with Crippen molar-refractivity contribution in [2.24, 2.45) is 11.3 Å². The molecule has 0 aromatic heterocycles. The van der Waals surface area contributed by atoms with Crippen LogP contribution in [0.15, 0.2) is 24.3 Å². The average Bonchev–Trinajstić information content (AvgIpc) is 3.23. The zero-order valence-corrected chi connectivity index (χ0v) is 16.9. The predicted molar refractivity (Wildman–Crippen MR) is 106 cm³/mol. The highest BCUT2D eigenvalue weighted by atomic mass is 16.6. The van der Waals surface area contributed by atoms with Gasteiger partial charge in [0.2, 0.25) is 5.91 Å². The fourth-order valence-electron chi connectivity index (χ4n) is 5.88. The number of rotatable bonds is 3. The van der Waals surface area contributed by atoms with Crippen molar-refractivity contribution in [3.63, 3.8) is 0 Å². The number of likely N-dealkylation sites (tertiary alicyclic amines) is 1. The lowest BCUT2D eigenvalue weighted by Crippen LogP contribution is -2.63. The number of cyclic esters (lactones) is 1. The summed E-state index contributed by atoms with van der Waals surface area (Å²) in [4.78, 5) is 26.1. The first-order valence-electron chi connectivity index (χ1n) is 10.7. The Bertz CT molecular complexity index is 789. The summed E-state index contributed by atoms with van der Waals surface area (Å²) in [6.45, 7) is 6.71. The summed E-state index contributed by atoms with van der Waals surface area (Å²) in [6.07, 6.45) is 4.78. The zero-order chi connectivity index (χ0) is 19.5. The zero-order valence-electron chi connectivity index (χ0n) is 16.9. The molecule has 150 valence electrons. The molecule has 2 amide bonds. The Morgan fingerprint density at radius 3 is 2.50 bits per heavy atom. The van der Waals surface area contributed by atoms with Crippen LogP contribution in [0.2, 0.25) is 0 Å². The van der Waals surface area contributed by atoms with Gasteiger partial charge in [-0.1, -0.05) is 38.1 Å². The quantitative estimate of drug-likeness (QED) is 0.865. The third kappa shape index (κ3) is 2.90. The second-order valence-corrected chi connectivity index (χ2v) is 10.0. The minimum atomic E-state index is -0.341. The lowest BCUT2D eigenvalue weighted by molar-refractivity contribution is -0.153. The Morgan fingerprint density at radius 2 is 1.89 bits per heavy atom. The monoisotopic (exact) mass is 382 g/mol. The minimum absolute atomic E-state index is 0.0557. The van der Waals surface area contributed by atoms with Gasteiger partial charge < -0.3 is 15.0 Å². The Labute approximate surface area is 166 Å². The lowest BCUT2D eigenvalue weighted by Gasteiger charge is -2.52. The summed E-state index contributed by atoms with van der Waals surface area (Å²) in [5.74, 6) is 1.54. The van der Waals surface area contributed by atoms with Gasteiger partial charge in [0, 0.05) is 24.4 Å². The van der Waals surface area contributed by atoms with Crippen molar-refractivity contribution in [2.45, 2.75) is 63.3 Å². The Morgan fingerprint density at radius 1 is 1.18 bits per heavy atom. The highest BCUT2D eigenvalue weighted by Gasteiger charge is 2.56. The third-order valence-electron chi connectivity index (χ3n) is 7.61. The van der Waals surface area contributed by atoms with Gasteiger partial charge in [0.05, 0.1) is 5.54 Å². The lowest BCUT2D eigenvalue weighted by atomic mass is 9.67. The summed E-state index contributed by atoms with van der Waals surface area (Å²) in [5, 5.41) is 2.88. The van der Waals surface area contributed by atoms with Gasteiger partial charge in [-0.3, -0.25) is 4.79 Å². The second kappa shape index (κ2) is 6.23. The van der Waals surface area contributed by atoms with Crippen molar-refractivity contribution in [3.05, 3.63) is 35.4 Å². The molecule has 4 aliphatic rings. The maximum Gasteiger partial charge on any atom is 0.407 e. The van der Waals surface area contributed by atoms with E-state index < -0.39 is 0 Å². The number of ether oxygens (including phenoxy) is 1. The molecule has 0 unspecified atom stereocenters. The van der Waals surface area contributed by atoms with Gasteiger partial charge in [-0.25, -0.2) is 4.79 Å². The summed E-state index contributed by atoms with van der Waals surface area (Å²) >= 11 is 0. The third-order valence-corrected chi connectivity index (χ3v) is 7.61. The van der Waals surface area contributed by atoms with Crippen molar-refractivity contribution < 1.29 is 14.3 Å². The molecule has 2 saturated carbocycles. The van der Waals surface area contributed by atoms with Crippen molar-refractivity contribution in [3.8, 4) is 0 Å². The predicted octanol–water partition coefficient (Wildman–Crippen LogP) is 3.79. The number of carbonyl (C=O) groups excluding carboxylic acids is 2. The molecule has 0 bridgehead atoms. The molecule has 1 aromatic carbocycles. The van der Waals surface area contributed by atoms with Crippen LogP contribution >= 0.6 is 0 Å². The highest BCUT2D eigenvalue weighted by Crippen LogP contribution is 2.53. The average molecular weight is 383 g/mol. The van der Waals surface area contributed by atoms with Crippen LogP contribution in [0.4, 0.5) is 4.79 Å². The molecule has 2 heterocycles. The molecule has 2 saturated heterocycles. The van der Waals surface area contributed by atoms with Crippen molar-refractivity contribution in [2.75, 3.05) is 19.7 Å². The number of hydrogen-bond donors (Lipinski definition) is 1. The fraction of sp³-hybridized carbons (Fsp3) is 0.652. The molecular weight excluding hydrogens is 352 g/mol. The Hall–Kier alpha value is -2.04. The van der Waals surface area contributed by atoms with Gasteiger partial charge in [0.1, 0.15) is 6.61 Å². The van der Waals surface area contributed by atoms with Crippen LogP contribution in [0.5, 0.6) is 0 Å². The Kier molecular flexibility index (Phi) is 4.01. The molecular formula is C23H30N2O3. The van der Waals surface area contributed by atoms with E-state index in [9.17, 15) is 9.59 Å². The molecule has 5 rings (SSSR count). The smallest absolute Gasteiger partial charge is 0.407 e. The maximum atomic E-state index is 12.8. The van der Waals surface area contributed by atoms with E-state index in [0.29, 0.717) is 23.9 Å². The van der Waals surface area contributed by atoms with Gasteiger partial charge in [0.25, 0.3) is 0 Å². The molecule has 28 heavy (non-hydrogen) atoms. The largest absolute Gasteiger partial charge is 0.447 e. The molecule has 2 aliphatic heterocycles. The maximum absolute atomic E-state index is 12.8. The van der Waals surface area contributed by atoms with E-state index >= 15 is 0 Å². The van der Waals surface area contributed by atoms with Crippen LogP contribution < -0.4 is 5.32 Å². The number of alkyl carbamates (subject to hydrolysis) is 1. The number of nitrogens with one attached hydrogen (secondary N) is 1. The first-order valence-corrected chi connectivity index (χ1v) is 10.7. The van der Waals surface area contributed by atoms with Crippen LogP contribution in [0.3, 0.4) is 0 Å². The number of carbonyl (C=O) groups is 2. The van der Waals surface area contributed by atoms with E-state index in [-0.39, 0.29) is 23.5 Å². The van der Waals surface area contributed by atoms with Gasteiger partial charge in [-0.15, -0.1) is 0 Å². The van der Waals surface area contributed by atoms with Crippen molar-refractivity contribution in [1.29, 1.82) is 0 Å². The normalized spacial score (nSPS) is 33.0. The van der Waals surface area contributed by atoms with Crippen LogP contribution in [0.25, 0.3) is 0 Å². The van der Waals surface area contributed by atoms with E-state index in [1.54, 1.807) is 0 Å². The summed E-state index contributed by atoms with van der Waals surface area (Å²) < 4.78 is 5.01. The number of benzene rings is 1. The van der Waals surface area contributed by atoms with Gasteiger partial charge in [-0.05, 0) is 55.1 Å². The van der Waals surface area contributed by atoms with E-state index in [2.05, 4.69) is 48.3 Å². The molecule has 0 radical (unpaired) electrons. The van der Waals surface area contributed by atoms with Crippen LogP contribution in [-0.4, -0.2) is 42.1 Å². The molecule has 2 aliphatic carbocycles. The molecule has 5 nitrogen and oxygen atoms in total. The van der Waals surface area contributed by atoms with Gasteiger partial charge >= 0.3 is 6.09 Å². The van der Waals surface area contributed by atoms with Crippen LogP contribution in [0, 0.1) is 11.3 Å². The fourth-order valence-corrected chi connectivity index (χ4v) is 5.88. The second-order valence-electron chi connectivity index (χ2n) is 10.0. The Balaban J connectivity index is 1.14. The van der Waals surface area contributed by atoms with Crippen molar-refractivity contribution >= 4 is 12.0 Å². The topological polar surface area (TPSA) is 58.6 Å². The molecule has 1 atom stereocenters. The van der Waals surface area contributed by atoms with Crippen LogP contribution in [0.1, 0.15) is 68.9 Å². The molecule has 1 aromatic rings. The first kappa shape index (κ1) is 18.0.